The summed E-state index contributed by atoms with van der Waals surface area (Å²) in [5.41, 5.74) is 3.05. The van der Waals surface area contributed by atoms with Crippen LogP contribution in [0.5, 0.6) is 11.5 Å². The molecule has 0 radical (unpaired) electrons. The van der Waals surface area contributed by atoms with E-state index in [0.717, 1.165) is 11.1 Å². The third kappa shape index (κ3) is 6.17. The first-order valence-corrected chi connectivity index (χ1v) is 10.5. The number of carbonyl (C=O) groups excluding carboxylic acids is 1. The van der Waals surface area contributed by atoms with Crippen LogP contribution in [0.1, 0.15) is 16.7 Å². The van der Waals surface area contributed by atoms with Crippen molar-refractivity contribution in [1.82, 2.24) is 0 Å². The van der Waals surface area contributed by atoms with Gasteiger partial charge in [0.1, 0.15) is 6.61 Å². The first kappa shape index (κ1) is 23.0. The zero-order valence-corrected chi connectivity index (χ0v) is 19.2. The van der Waals surface area contributed by atoms with Crippen molar-refractivity contribution in [3.05, 3.63) is 92.4 Å². The second-order valence-corrected chi connectivity index (χ2v) is 7.91. The maximum atomic E-state index is 12.2. The molecule has 0 unspecified atom stereocenters. The Labute approximate surface area is 196 Å². The molecule has 0 fully saturated rings. The molecule has 31 heavy (non-hydrogen) atoms. The van der Waals surface area contributed by atoms with Crippen molar-refractivity contribution in [1.29, 1.82) is 0 Å². The third-order valence-electron chi connectivity index (χ3n) is 4.49. The van der Waals surface area contributed by atoms with E-state index < -0.39 is 0 Å². The Bertz CT molecular complexity index is 1110. The summed E-state index contributed by atoms with van der Waals surface area (Å²) in [6, 6.07) is 16.0. The minimum absolute atomic E-state index is 0.200. The average Bonchev–Trinajstić information content (AvgIpc) is 2.75. The van der Waals surface area contributed by atoms with Gasteiger partial charge in [-0.05, 0) is 60.5 Å². The summed E-state index contributed by atoms with van der Waals surface area (Å²) in [7, 11) is 1.55. The van der Waals surface area contributed by atoms with Crippen LogP contribution in [0.2, 0.25) is 15.1 Å². The van der Waals surface area contributed by atoms with Crippen LogP contribution in [0.25, 0.3) is 6.08 Å². The summed E-state index contributed by atoms with van der Waals surface area (Å²) >= 11 is 18.5. The molecule has 0 saturated heterocycles. The third-order valence-corrected chi connectivity index (χ3v) is 5.60. The number of hydrogen-bond donors (Lipinski definition) is 1. The predicted octanol–water partition coefficient (Wildman–Crippen LogP) is 7.19. The summed E-state index contributed by atoms with van der Waals surface area (Å²) in [5.74, 6) is 0.790. The van der Waals surface area contributed by atoms with Crippen molar-refractivity contribution >= 4 is 52.5 Å². The molecule has 0 bridgehead atoms. The SMILES string of the molecule is COc1cc(/C=C/C(=O)Nc2ccc(C)c(Cl)c2)ccc1OCc1c(Cl)cccc1Cl. The van der Waals surface area contributed by atoms with Crippen molar-refractivity contribution in [2.45, 2.75) is 13.5 Å². The lowest BCUT2D eigenvalue weighted by Gasteiger charge is -2.13. The highest BCUT2D eigenvalue weighted by Crippen LogP contribution is 2.31. The molecule has 0 atom stereocenters. The Morgan fingerprint density at radius 3 is 2.39 bits per heavy atom. The lowest BCUT2D eigenvalue weighted by molar-refractivity contribution is -0.111. The van der Waals surface area contributed by atoms with Crippen LogP contribution in [0.15, 0.2) is 60.7 Å². The number of nitrogens with one attached hydrogen (secondary N) is 1. The Hall–Kier alpha value is -2.66. The molecule has 7 heteroatoms. The van der Waals surface area contributed by atoms with Crippen LogP contribution in [0.4, 0.5) is 5.69 Å². The minimum atomic E-state index is -0.271. The molecular weight excluding hydrogens is 457 g/mol. The number of anilines is 1. The van der Waals surface area contributed by atoms with Crippen LogP contribution in [0, 0.1) is 6.92 Å². The number of rotatable bonds is 7. The molecule has 0 saturated carbocycles. The van der Waals surface area contributed by atoms with Gasteiger partial charge in [-0.25, -0.2) is 0 Å². The number of methoxy groups -OCH3 is 1. The minimum Gasteiger partial charge on any atom is -0.493 e. The number of amides is 1. The monoisotopic (exact) mass is 475 g/mol. The van der Waals surface area contributed by atoms with Crippen molar-refractivity contribution in [3.8, 4) is 11.5 Å². The summed E-state index contributed by atoms with van der Waals surface area (Å²) in [6.45, 7) is 2.10. The Morgan fingerprint density at radius 2 is 1.71 bits per heavy atom. The summed E-state index contributed by atoms with van der Waals surface area (Å²) < 4.78 is 11.3. The average molecular weight is 477 g/mol. The van der Waals surface area contributed by atoms with E-state index in [1.807, 2.05) is 19.1 Å². The van der Waals surface area contributed by atoms with Gasteiger partial charge in [-0.1, -0.05) is 53.0 Å². The van der Waals surface area contributed by atoms with Gasteiger partial charge in [0.25, 0.3) is 0 Å². The summed E-state index contributed by atoms with van der Waals surface area (Å²) in [5, 5.41) is 4.44. The van der Waals surface area contributed by atoms with Gasteiger partial charge in [0, 0.05) is 32.4 Å². The molecule has 0 aliphatic rings. The molecule has 3 aromatic rings. The van der Waals surface area contributed by atoms with Gasteiger partial charge in [-0.2, -0.15) is 0 Å². The molecule has 1 N–H and O–H groups in total. The fraction of sp³-hybridized carbons (Fsp3) is 0.125. The van der Waals surface area contributed by atoms with Crippen LogP contribution in [-0.2, 0) is 11.4 Å². The number of ether oxygens (including phenoxy) is 2. The molecule has 4 nitrogen and oxygen atoms in total. The number of carbonyl (C=O) groups is 1. The zero-order valence-electron chi connectivity index (χ0n) is 16.9. The first-order chi connectivity index (χ1) is 14.9. The van der Waals surface area contributed by atoms with Gasteiger partial charge in [0.15, 0.2) is 11.5 Å². The van der Waals surface area contributed by atoms with Gasteiger partial charge < -0.3 is 14.8 Å². The number of hydrogen-bond acceptors (Lipinski definition) is 3. The maximum absolute atomic E-state index is 12.2. The smallest absolute Gasteiger partial charge is 0.248 e. The second kappa shape index (κ2) is 10.6. The van der Waals surface area contributed by atoms with Crippen molar-refractivity contribution in [2.75, 3.05) is 12.4 Å². The number of benzene rings is 3. The highest BCUT2D eigenvalue weighted by Gasteiger charge is 2.10. The van der Waals surface area contributed by atoms with Gasteiger partial charge in [0.2, 0.25) is 5.91 Å². The van der Waals surface area contributed by atoms with Gasteiger partial charge in [-0.15, -0.1) is 0 Å². The largest absolute Gasteiger partial charge is 0.493 e. The molecule has 0 aliphatic carbocycles. The highest BCUT2D eigenvalue weighted by molar-refractivity contribution is 6.36. The Balaban J connectivity index is 1.67. The normalized spacial score (nSPS) is 10.9. The first-order valence-electron chi connectivity index (χ1n) is 9.36. The zero-order chi connectivity index (χ0) is 22.4. The molecule has 0 spiro atoms. The van der Waals surface area contributed by atoms with E-state index in [1.54, 1.807) is 55.7 Å². The molecule has 3 rings (SSSR count). The predicted molar refractivity (Wildman–Crippen MR) is 128 cm³/mol. The molecule has 0 heterocycles. The highest BCUT2D eigenvalue weighted by atomic mass is 35.5. The van der Waals surface area contributed by atoms with E-state index in [1.165, 1.54) is 6.08 Å². The topological polar surface area (TPSA) is 47.6 Å². The number of aryl methyl sites for hydroxylation is 1. The van der Waals surface area contributed by atoms with E-state index in [-0.39, 0.29) is 12.5 Å². The standard InChI is InChI=1S/C24H20Cl3NO3/c1-15-6-9-17(13-21(15)27)28-24(29)11-8-16-7-10-22(23(12-16)30-2)31-14-18-19(25)4-3-5-20(18)26/h3-13H,14H2,1-2H3,(H,28,29)/b11-8+. The molecule has 0 aliphatic heterocycles. The van der Waals surface area contributed by atoms with Crippen LogP contribution >= 0.6 is 34.8 Å². The van der Waals surface area contributed by atoms with E-state index in [0.29, 0.717) is 37.8 Å². The van der Waals surface area contributed by atoms with E-state index in [9.17, 15) is 4.79 Å². The van der Waals surface area contributed by atoms with Gasteiger partial charge >= 0.3 is 0 Å². The number of halogens is 3. The molecule has 3 aromatic carbocycles. The van der Waals surface area contributed by atoms with Crippen molar-refractivity contribution in [3.63, 3.8) is 0 Å². The van der Waals surface area contributed by atoms with Crippen molar-refractivity contribution in [2.24, 2.45) is 0 Å². The summed E-state index contributed by atoms with van der Waals surface area (Å²) in [4.78, 5) is 12.2. The Kier molecular flexibility index (Phi) is 7.85. The molecule has 0 aromatic heterocycles. The molecule has 160 valence electrons. The quantitative estimate of drug-likeness (QED) is 0.367. The van der Waals surface area contributed by atoms with Crippen molar-refractivity contribution < 1.29 is 14.3 Å². The Morgan fingerprint density at radius 1 is 0.968 bits per heavy atom. The molecular formula is C24H20Cl3NO3. The van der Waals surface area contributed by atoms with Gasteiger partial charge in [0.05, 0.1) is 7.11 Å². The fourth-order valence-corrected chi connectivity index (χ4v) is 3.44. The van der Waals surface area contributed by atoms with Crippen LogP contribution in [0.3, 0.4) is 0 Å². The lowest BCUT2D eigenvalue weighted by atomic mass is 10.1. The second-order valence-electron chi connectivity index (χ2n) is 6.69. The molecule has 1 amide bonds. The van der Waals surface area contributed by atoms with E-state index in [2.05, 4.69) is 5.32 Å². The lowest BCUT2D eigenvalue weighted by Crippen LogP contribution is -2.07. The van der Waals surface area contributed by atoms with E-state index in [4.69, 9.17) is 44.3 Å². The fourth-order valence-electron chi connectivity index (χ4n) is 2.75. The summed E-state index contributed by atoms with van der Waals surface area (Å²) in [6.07, 6.45) is 3.12. The van der Waals surface area contributed by atoms with Gasteiger partial charge in [-0.3, -0.25) is 4.79 Å². The van der Waals surface area contributed by atoms with Crippen LogP contribution in [-0.4, -0.2) is 13.0 Å². The maximum Gasteiger partial charge on any atom is 0.248 e. The van der Waals surface area contributed by atoms with Crippen LogP contribution < -0.4 is 14.8 Å². The van der Waals surface area contributed by atoms with E-state index >= 15 is 0 Å².